The molecule has 128 valence electrons. The monoisotopic (exact) mass is 330 g/mol. The van der Waals surface area contributed by atoms with E-state index in [1.807, 2.05) is 12.1 Å². The summed E-state index contributed by atoms with van der Waals surface area (Å²) in [7, 11) is 1.58. The SMILES string of the molecule is COc1ccc(C[C@@H]2C(=O)NC(=O)N(C3CCCCC3)C2=O)cc1. The number of ether oxygens (including phenoxy) is 1. The van der Waals surface area contributed by atoms with Gasteiger partial charge in [-0.1, -0.05) is 31.4 Å². The number of benzene rings is 1. The van der Waals surface area contributed by atoms with E-state index < -0.39 is 17.9 Å². The molecule has 1 aliphatic carbocycles. The molecular weight excluding hydrogens is 308 g/mol. The highest BCUT2D eigenvalue weighted by atomic mass is 16.5. The van der Waals surface area contributed by atoms with Gasteiger partial charge in [-0.3, -0.25) is 19.8 Å². The standard InChI is InChI=1S/C18H22N2O4/c1-24-14-9-7-12(8-10-14)11-15-16(21)19-18(23)20(17(15)22)13-5-3-2-4-6-13/h7-10,13,15H,2-6,11H2,1H3,(H,19,21,23)/t15-/m1/s1. The smallest absolute Gasteiger partial charge is 0.331 e. The van der Waals surface area contributed by atoms with Gasteiger partial charge in [0.15, 0.2) is 0 Å². The Morgan fingerprint density at radius 2 is 1.75 bits per heavy atom. The maximum Gasteiger partial charge on any atom is 0.331 e. The van der Waals surface area contributed by atoms with Gasteiger partial charge in [-0.15, -0.1) is 0 Å². The molecule has 1 aromatic rings. The molecule has 0 radical (unpaired) electrons. The summed E-state index contributed by atoms with van der Waals surface area (Å²) < 4.78 is 5.11. The Labute approximate surface area is 141 Å². The number of hydrogen-bond donors (Lipinski definition) is 1. The van der Waals surface area contributed by atoms with Crippen LogP contribution >= 0.6 is 0 Å². The molecule has 3 rings (SSSR count). The van der Waals surface area contributed by atoms with Crippen molar-refractivity contribution in [3.8, 4) is 5.75 Å². The number of hydrogen-bond acceptors (Lipinski definition) is 4. The van der Waals surface area contributed by atoms with E-state index in [0.29, 0.717) is 0 Å². The van der Waals surface area contributed by atoms with Gasteiger partial charge in [-0.2, -0.15) is 0 Å². The lowest BCUT2D eigenvalue weighted by atomic mass is 9.90. The molecule has 0 aromatic heterocycles. The quantitative estimate of drug-likeness (QED) is 0.859. The number of rotatable bonds is 4. The molecule has 4 amide bonds. The highest BCUT2D eigenvalue weighted by Crippen LogP contribution is 2.27. The third-order valence-corrected chi connectivity index (χ3v) is 4.84. The van der Waals surface area contributed by atoms with Gasteiger partial charge in [0.1, 0.15) is 11.7 Å². The van der Waals surface area contributed by atoms with Crippen molar-refractivity contribution < 1.29 is 19.1 Å². The van der Waals surface area contributed by atoms with Gasteiger partial charge in [0.25, 0.3) is 0 Å². The largest absolute Gasteiger partial charge is 0.497 e. The molecule has 1 atom stereocenters. The maximum atomic E-state index is 12.8. The highest BCUT2D eigenvalue weighted by Gasteiger charge is 2.43. The Morgan fingerprint density at radius 3 is 2.38 bits per heavy atom. The number of carbonyl (C=O) groups excluding carboxylic acids is 3. The van der Waals surface area contributed by atoms with Gasteiger partial charge in [-0.25, -0.2) is 4.79 Å². The van der Waals surface area contributed by atoms with E-state index >= 15 is 0 Å². The molecule has 6 heteroatoms. The van der Waals surface area contributed by atoms with E-state index in [4.69, 9.17) is 4.74 Å². The van der Waals surface area contributed by atoms with Crippen LogP contribution in [0.15, 0.2) is 24.3 Å². The number of carbonyl (C=O) groups is 3. The molecule has 2 fully saturated rings. The first kappa shape index (κ1) is 16.5. The van der Waals surface area contributed by atoms with Crippen LogP contribution in [0, 0.1) is 5.92 Å². The molecule has 1 saturated heterocycles. The average molecular weight is 330 g/mol. The third kappa shape index (κ3) is 3.27. The van der Waals surface area contributed by atoms with Crippen LogP contribution in [-0.2, 0) is 16.0 Å². The maximum absolute atomic E-state index is 12.8. The van der Waals surface area contributed by atoms with Crippen LogP contribution in [-0.4, -0.2) is 35.9 Å². The molecule has 1 heterocycles. The molecule has 6 nitrogen and oxygen atoms in total. The van der Waals surface area contributed by atoms with Crippen LogP contribution in [0.3, 0.4) is 0 Å². The molecule has 0 spiro atoms. The fourth-order valence-corrected chi connectivity index (χ4v) is 3.50. The Bertz CT molecular complexity index is 635. The molecule has 1 aliphatic heterocycles. The van der Waals surface area contributed by atoms with Crippen LogP contribution < -0.4 is 10.1 Å². The second kappa shape index (κ2) is 7.03. The summed E-state index contributed by atoms with van der Waals surface area (Å²) in [5.74, 6) is -1.01. The molecule has 24 heavy (non-hydrogen) atoms. The molecule has 1 saturated carbocycles. The van der Waals surface area contributed by atoms with Gasteiger partial charge in [0, 0.05) is 6.04 Å². The molecular formula is C18H22N2O4. The van der Waals surface area contributed by atoms with Crippen molar-refractivity contribution in [2.45, 2.75) is 44.6 Å². The lowest BCUT2D eigenvalue weighted by Crippen LogP contribution is -2.61. The van der Waals surface area contributed by atoms with Crippen LogP contribution in [0.1, 0.15) is 37.7 Å². The zero-order valence-corrected chi connectivity index (χ0v) is 13.8. The third-order valence-electron chi connectivity index (χ3n) is 4.84. The molecule has 2 aliphatic rings. The average Bonchev–Trinajstić information content (AvgIpc) is 2.60. The topological polar surface area (TPSA) is 75.7 Å². The van der Waals surface area contributed by atoms with Crippen LogP contribution in [0.25, 0.3) is 0 Å². The highest BCUT2D eigenvalue weighted by molar-refractivity contribution is 6.16. The number of amides is 4. The number of barbiturate groups is 1. The fraction of sp³-hybridized carbons (Fsp3) is 0.500. The second-order valence-corrected chi connectivity index (χ2v) is 6.40. The molecule has 1 aromatic carbocycles. The summed E-state index contributed by atoms with van der Waals surface area (Å²) in [5.41, 5.74) is 0.863. The number of imide groups is 2. The van der Waals surface area contributed by atoms with E-state index in [1.165, 1.54) is 4.90 Å². The summed E-state index contributed by atoms with van der Waals surface area (Å²) in [5, 5.41) is 2.35. The minimum absolute atomic E-state index is 0.0854. The lowest BCUT2D eigenvalue weighted by molar-refractivity contribution is -0.144. The van der Waals surface area contributed by atoms with Crippen LogP contribution in [0.5, 0.6) is 5.75 Å². The van der Waals surface area contributed by atoms with Gasteiger partial charge in [-0.05, 0) is 37.0 Å². The zero-order valence-electron chi connectivity index (χ0n) is 13.8. The first-order valence-corrected chi connectivity index (χ1v) is 8.41. The second-order valence-electron chi connectivity index (χ2n) is 6.40. The Kier molecular flexibility index (Phi) is 4.83. The lowest BCUT2D eigenvalue weighted by Gasteiger charge is -2.37. The van der Waals surface area contributed by atoms with E-state index in [-0.39, 0.29) is 18.4 Å². The number of nitrogens with one attached hydrogen (secondary N) is 1. The molecule has 0 unspecified atom stereocenters. The van der Waals surface area contributed by atoms with Gasteiger partial charge >= 0.3 is 6.03 Å². The van der Waals surface area contributed by atoms with E-state index in [2.05, 4.69) is 5.32 Å². The van der Waals surface area contributed by atoms with Gasteiger partial charge < -0.3 is 4.74 Å². The van der Waals surface area contributed by atoms with Crippen molar-refractivity contribution >= 4 is 17.8 Å². The summed E-state index contributed by atoms with van der Waals surface area (Å²) in [6.45, 7) is 0. The summed E-state index contributed by atoms with van der Waals surface area (Å²) in [6, 6.07) is 6.61. The first-order chi connectivity index (χ1) is 11.6. The van der Waals surface area contributed by atoms with Crippen molar-refractivity contribution in [3.63, 3.8) is 0 Å². The minimum Gasteiger partial charge on any atom is -0.497 e. The van der Waals surface area contributed by atoms with Crippen molar-refractivity contribution in [2.24, 2.45) is 5.92 Å². The number of nitrogens with zero attached hydrogens (tertiary/aromatic N) is 1. The molecule has 0 bridgehead atoms. The summed E-state index contributed by atoms with van der Waals surface area (Å²) in [4.78, 5) is 38.4. The molecule has 1 N–H and O–H groups in total. The summed E-state index contributed by atoms with van der Waals surface area (Å²) >= 11 is 0. The Morgan fingerprint density at radius 1 is 1.08 bits per heavy atom. The first-order valence-electron chi connectivity index (χ1n) is 8.41. The van der Waals surface area contributed by atoms with Crippen molar-refractivity contribution in [2.75, 3.05) is 7.11 Å². The van der Waals surface area contributed by atoms with E-state index in [0.717, 1.165) is 43.4 Å². The van der Waals surface area contributed by atoms with E-state index in [9.17, 15) is 14.4 Å². The zero-order chi connectivity index (χ0) is 17.1. The summed E-state index contributed by atoms with van der Waals surface area (Å²) in [6.07, 6.45) is 5.09. The minimum atomic E-state index is -0.849. The fourth-order valence-electron chi connectivity index (χ4n) is 3.50. The van der Waals surface area contributed by atoms with E-state index in [1.54, 1.807) is 19.2 Å². The number of urea groups is 1. The van der Waals surface area contributed by atoms with Gasteiger partial charge in [0.05, 0.1) is 7.11 Å². The number of methoxy groups -OCH3 is 1. The Balaban J connectivity index is 1.76. The van der Waals surface area contributed by atoms with Crippen LogP contribution in [0.2, 0.25) is 0 Å². The predicted molar refractivity (Wildman–Crippen MR) is 87.4 cm³/mol. The normalized spacial score (nSPS) is 22.5. The van der Waals surface area contributed by atoms with Crippen molar-refractivity contribution in [1.82, 2.24) is 10.2 Å². The van der Waals surface area contributed by atoms with Gasteiger partial charge in [0.2, 0.25) is 11.8 Å². The van der Waals surface area contributed by atoms with Crippen molar-refractivity contribution in [1.29, 1.82) is 0 Å². The predicted octanol–water partition coefficient (Wildman–Crippen LogP) is 2.27. The van der Waals surface area contributed by atoms with Crippen LogP contribution in [0.4, 0.5) is 4.79 Å². The van der Waals surface area contributed by atoms with Crippen molar-refractivity contribution in [3.05, 3.63) is 29.8 Å². The Hall–Kier alpha value is -2.37.